The number of hydrogen-bond donors (Lipinski definition) is 2. The van der Waals surface area contributed by atoms with Crippen LogP contribution >= 0.6 is 0 Å². The molecule has 1 heterocycles. The lowest BCUT2D eigenvalue weighted by molar-refractivity contribution is -0.190. The van der Waals surface area contributed by atoms with Gasteiger partial charge in [-0.25, -0.2) is 4.79 Å². The number of hydrogen-bond acceptors (Lipinski definition) is 8. The van der Waals surface area contributed by atoms with Gasteiger partial charge >= 0.3 is 11.9 Å². The van der Waals surface area contributed by atoms with E-state index in [1.165, 1.54) is 7.11 Å². The lowest BCUT2D eigenvalue weighted by Gasteiger charge is -2.31. The molecule has 4 unspecified atom stereocenters. The van der Waals surface area contributed by atoms with Crippen LogP contribution in [0.1, 0.15) is 59.9 Å². The smallest absolute Gasteiger partial charge is 0.328 e. The van der Waals surface area contributed by atoms with Gasteiger partial charge in [-0.05, 0) is 51.1 Å². The molecule has 2 rings (SSSR count). The van der Waals surface area contributed by atoms with Gasteiger partial charge in [0.05, 0.1) is 18.9 Å². The lowest BCUT2D eigenvalue weighted by atomic mass is 9.84. The largest absolute Gasteiger partial charge is 0.467 e. The maximum Gasteiger partial charge on any atom is 0.328 e. The number of benzene rings is 1. The van der Waals surface area contributed by atoms with E-state index in [0.29, 0.717) is 25.9 Å². The Kier molecular flexibility index (Phi) is 11.5. The molecule has 1 fully saturated rings. The molecule has 9 nitrogen and oxygen atoms in total. The predicted octanol–water partition coefficient (Wildman–Crippen LogP) is 3.07. The van der Waals surface area contributed by atoms with Crippen molar-refractivity contribution in [2.45, 2.75) is 78.7 Å². The van der Waals surface area contributed by atoms with Crippen molar-refractivity contribution >= 4 is 17.8 Å². The van der Waals surface area contributed by atoms with Crippen LogP contribution < -0.4 is 11.1 Å². The zero-order valence-electron chi connectivity index (χ0n) is 23.4. The van der Waals surface area contributed by atoms with Crippen molar-refractivity contribution in [3.8, 4) is 0 Å². The van der Waals surface area contributed by atoms with Gasteiger partial charge in [0.25, 0.3) is 0 Å². The average molecular weight is 520 g/mol. The van der Waals surface area contributed by atoms with Gasteiger partial charge < -0.3 is 20.5 Å². The predicted molar refractivity (Wildman–Crippen MR) is 141 cm³/mol. The van der Waals surface area contributed by atoms with Gasteiger partial charge in [0.2, 0.25) is 5.91 Å². The maximum absolute atomic E-state index is 13.7. The molecule has 9 heteroatoms. The third-order valence-electron chi connectivity index (χ3n) is 6.74. The van der Waals surface area contributed by atoms with Crippen molar-refractivity contribution in [1.82, 2.24) is 10.4 Å². The Labute approximate surface area is 221 Å². The van der Waals surface area contributed by atoms with Crippen molar-refractivity contribution in [3.63, 3.8) is 0 Å². The molecule has 0 radical (unpaired) electrons. The van der Waals surface area contributed by atoms with Crippen LogP contribution in [0.5, 0.6) is 0 Å². The number of nitrogens with zero attached hydrogens (tertiary/aromatic N) is 1. The van der Waals surface area contributed by atoms with Crippen molar-refractivity contribution in [1.29, 1.82) is 0 Å². The highest BCUT2D eigenvalue weighted by molar-refractivity contribution is 5.87. The summed E-state index contributed by atoms with van der Waals surface area (Å²) in [4.78, 5) is 45.8. The summed E-state index contributed by atoms with van der Waals surface area (Å²) in [5, 5.41) is 4.60. The highest BCUT2D eigenvalue weighted by Gasteiger charge is 2.48. The van der Waals surface area contributed by atoms with Crippen LogP contribution in [0.25, 0.3) is 0 Å². The molecule has 0 aromatic heterocycles. The first kappa shape index (κ1) is 30.7. The summed E-state index contributed by atoms with van der Waals surface area (Å²) in [5.41, 5.74) is 6.21. The number of nitrogens with one attached hydrogen (secondary N) is 1. The molecule has 208 valence electrons. The van der Waals surface area contributed by atoms with Gasteiger partial charge in [-0.1, -0.05) is 57.5 Å². The second-order valence-corrected chi connectivity index (χ2v) is 11.1. The normalized spacial score (nSPS) is 21.5. The first-order valence-electron chi connectivity index (χ1n) is 13.2. The van der Waals surface area contributed by atoms with Crippen LogP contribution in [0.3, 0.4) is 0 Å². The number of carbonyl (C=O) groups is 3. The monoisotopic (exact) mass is 519 g/mol. The van der Waals surface area contributed by atoms with Crippen molar-refractivity contribution < 1.29 is 28.7 Å². The quantitative estimate of drug-likeness (QED) is 0.404. The number of hydroxylamine groups is 2. The third-order valence-corrected chi connectivity index (χ3v) is 6.74. The van der Waals surface area contributed by atoms with Crippen molar-refractivity contribution in [2.75, 3.05) is 20.2 Å². The molecule has 6 atom stereocenters. The van der Waals surface area contributed by atoms with Crippen LogP contribution in [0.2, 0.25) is 0 Å². The van der Waals surface area contributed by atoms with Crippen LogP contribution in [-0.4, -0.2) is 60.9 Å². The van der Waals surface area contributed by atoms with E-state index >= 15 is 0 Å². The number of amides is 1. The van der Waals surface area contributed by atoms with E-state index in [-0.39, 0.29) is 24.3 Å². The Morgan fingerprint density at radius 2 is 1.81 bits per heavy atom. The zero-order chi connectivity index (χ0) is 27.8. The second-order valence-electron chi connectivity index (χ2n) is 11.1. The molecular formula is C28H45N3O6. The van der Waals surface area contributed by atoms with E-state index < -0.39 is 41.5 Å². The van der Waals surface area contributed by atoms with E-state index in [4.69, 9.17) is 20.0 Å². The molecular weight excluding hydrogens is 474 g/mol. The molecule has 0 bridgehead atoms. The minimum Gasteiger partial charge on any atom is -0.467 e. The van der Waals surface area contributed by atoms with Crippen LogP contribution in [-0.2, 0) is 35.2 Å². The van der Waals surface area contributed by atoms with Gasteiger partial charge in [0, 0.05) is 13.1 Å². The summed E-state index contributed by atoms with van der Waals surface area (Å²) in [6.45, 7) is 12.3. The van der Waals surface area contributed by atoms with Gasteiger partial charge in [-0.3, -0.25) is 14.4 Å². The first-order valence-corrected chi connectivity index (χ1v) is 13.2. The number of ether oxygens (including phenoxy) is 2. The summed E-state index contributed by atoms with van der Waals surface area (Å²) in [6, 6.07) is 8.96. The van der Waals surface area contributed by atoms with Crippen molar-refractivity contribution in [2.24, 2.45) is 29.4 Å². The Morgan fingerprint density at radius 1 is 1.16 bits per heavy atom. The molecule has 1 amide bonds. The fourth-order valence-electron chi connectivity index (χ4n) is 4.41. The Balaban J connectivity index is 2.39. The summed E-state index contributed by atoms with van der Waals surface area (Å²) in [5.74, 6) is -2.82. The highest BCUT2D eigenvalue weighted by atomic mass is 16.7. The molecule has 3 N–H and O–H groups in total. The number of carbonyl (C=O) groups excluding carboxylic acids is 3. The second kappa shape index (κ2) is 13.9. The topological polar surface area (TPSA) is 120 Å². The van der Waals surface area contributed by atoms with E-state index in [9.17, 15) is 14.4 Å². The summed E-state index contributed by atoms with van der Waals surface area (Å²) >= 11 is 0. The van der Waals surface area contributed by atoms with Crippen LogP contribution in [0, 0.1) is 23.7 Å². The minimum absolute atomic E-state index is 0.0101. The molecule has 1 aromatic carbocycles. The maximum atomic E-state index is 13.7. The lowest BCUT2D eigenvalue weighted by Crippen LogP contribution is -2.51. The van der Waals surface area contributed by atoms with E-state index in [0.717, 1.165) is 5.56 Å². The molecule has 0 aliphatic carbocycles. The third kappa shape index (κ3) is 9.09. The zero-order valence-corrected chi connectivity index (χ0v) is 23.4. The molecule has 1 saturated heterocycles. The first-order chi connectivity index (χ1) is 17.4. The molecule has 37 heavy (non-hydrogen) atoms. The van der Waals surface area contributed by atoms with Gasteiger partial charge in [-0.15, -0.1) is 0 Å². The summed E-state index contributed by atoms with van der Waals surface area (Å²) in [7, 11) is 1.31. The van der Waals surface area contributed by atoms with Gasteiger partial charge in [0.15, 0.2) is 0 Å². The Morgan fingerprint density at radius 3 is 2.35 bits per heavy atom. The van der Waals surface area contributed by atoms with Gasteiger partial charge in [0.1, 0.15) is 17.7 Å². The summed E-state index contributed by atoms with van der Waals surface area (Å²) in [6.07, 6.45) is 0.312. The van der Waals surface area contributed by atoms with E-state index in [1.54, 1.807) is 5.06 Å². The molecule has 1 aliphatic rings. The number of nitrogens with two attached hydrogens (primary N) is 1. The molecule has 1 aromatic rings. The van der Waals surface area contributed by atoms with Crippen LogP contribution in [0.15, 0.2) is 30.3 Å². The Bertz CT molecular complexity index is 888. The average Bonchev–Trinajstić information content (AvgIpc) is 3.27. The van der Waals surface area contributed by atoms with E-state index in [1.807, 2.05) is 71.9 Å². The SMILES string of the molecule is CC[C@H](C)[C@H](NC(=O)C1CN(Cc2ccccc2)OC1C(CC(C)CN)C(=O)OC(C)(C)C)C(=O)OC. The van der Waals surface area contributed by atoms with Gasteiger partial charge in [-0.2, -0.15) is 5.06 Å². The van der Waals surface area contributed by atoms with Crippen molar-refractivity contribution in [3.05, 3.63) is 35.9 Å². The molecule has 0 spiro atoms. The fraction of sp³-hybridized carbons (Fsp3) is 0.679. The fourth-order valence-corrected chi connectivity index (χ4v) is 4.41. The minimum atomic E-state index is -0.797. The number of methoxy groups -OCH3 is 1. The highest BCUT2D eigenvalue weighted by Crippen LogP contribution is 2.33. The number of esters is 2. The molecule has 1 aliphatic heterocycles. The summed E-state index contributed by atoms with van der Waals surface area (Å²) < 4.78 is 10.7. The standard InChI is InChI=1S/C28H45N3O6/c1-8-19(3)23(27(34)35-7)30-25(32)22-17-31(16-20-12-10-9-11-13-20)37-24(22)21(14-18(2)15-29)26(33)36-28(4,5)6/h9-13,18-19,21-24H,8,14-17,29H2,1-7H3,(H,30,32)/t18?,19-,21?,22?,23-,24?/m0/s1. The molecule has 0 saturated carbocycles. The number of rotatable bonds is 12. The Hall–Kier alpha value is -2.49. The van der Waals surface area contributed by atoms with E-state index in [2.05, 4.69) is 5.32 Å². The van der Waals surface area contributed by atoms with Crippen LogP contribution in [0.4, 0.5) is 0 Å².